The minimum atomic E-state index is -3.76. The molecule has 1 heterocycles. The van der Waals surface area contributed by atoms with Crippen LogP contribution in [0.1, 0.15) is 24.0 Å². The van der Waals surface area contributed by atoms with Gasteiger partial charge in [-0.1, -0.05) is 30.3 Å². The van der Waals surface area contributed by atoms with Crippen LogP contribution in [0, 0.1) is 0 Å². The average Bonchev–Trinajstić information content (AvgIpc) is 3.44. The second-order valence-electron chi connectivity index (χ2n) is 6.73. The van der Waals surface area contributed by atoms with Crippen molar-refractivity contribution < 1.29 is 16.8 Å². The van der Waals surface area contributed by atoms with Gasteiger partial charge in [-0.3, -0.25) is 0 Å². The Labute approximate surface area is 153 Å². The normalized spacial score (nSPS) is 18.5. The number of nitrogens with zero attached hydrogens (tertiary/aromatic N) is 1. The number of rotatable bonds is 5. The number of benzene rings is 2. The Balaban J connectivity index is 1.63. The lowest BCUT2D eigenvalue weighted by molar-refractivity contribution is 0.391. The van der Waals surface area contributed by atoms with Gasteiger partial charge in [0, 0.05) is 19.1 Å². The lowest BCUT2D eigenvalue weighted by atomic mass is 10.0. The molecule has 1 aliphatic heterocycles. The molecule has 0 bridgehead atoms. The van der Waals surface area contributed by atoms with Crippen LogP contribution in [0.5, 0.6) is 0 Å². The molecule has 26 heavy (non-hydrogen) atoms. The molecule has 0 aromatic heterocycles. The molecule has 2 aromatic rings. The van der Waals surface area contributed by atoms with Crippen molar-refractivity contribution in [3.63, 3.8) is 0 Å². The summed E-state index contributed by atoms with van der Waals surface area (Å²) in [5.74, 6) is 0. The summed E-state index contributed by atoms with van der Waals surface area (Å²) in [6.07, 6.45) is 2.30. The van der Waals surface area contributed by atoms with Crippen molar-refractivity contribution in [1.82, 2.24) is 9.03 Å². The van der Waals surface area contributed by atoms with E-state index >= 15 is 0 Å². The molecule has 0 spiro atoms. The van der Waals surface area contributed by atoms with Gasteiger partial charge in [0.15, 0.2) is 0 Å². The zero-order valence-corrected chi connectivity index (χ0v) is 15.8. The maximum Gasteiger partial charge on any atom is 0.243 e. The third kappa shape index (κ3) is 3.42. The van der Waals surface area contributed by atoms with E-state index in [4.69, 9.17) is 0 Å². The van der Waals surface area contributed by atoms with Crippen LogP contribution >= 0.6 is 0 Å². The van der Waals surface area contributed by atoms with Gasteiger partial charge < -0.3 is 0 Å². The van der Waals surface area contributed by atoms with Crippen LogP contribution in [0.15, 0.2) is 58.3 Å². The number of sulfonamides is 2. The molecule has 138 valence electrons. The van der Waals surface area contributed by atoms with Gasteiger partial charge in [0.05, 0.1) is 9.79 Å². The van der Waals surface area contributed by atoms with E-state index in [1.54, 1.807) is 0 Å². The summed E-state index contributed by atoms with van der Waals surface area (Å²) in [4.78, 5) is -0.00145. The Morgan fingerprint density at radius 2 is 1.58 bits per heavy atom. The highest BCUT2D eigenvalue weighted by Gasteiger charge is 2.31. The summed E-state index contributed by atoms with van der Waals surface area (Å²) in [5.41, 5.74) is 2.14. The molecule has 8 heteroatoms. The summed E-state index contributed by atoms with van der Waals surface area (Å²) in [5, 5.41) is 0. The number of fused-ring (bicyclic) bond motifs is 1. The van der Waals surface area contributed by atoms with Crippen LogP contribution in [0.4, 0.5) is 0 Å². The van der Waals surface area contributed by atoms with Crippen molar-refractivity contribution in [2.75, 3.05) is 6.54 Å². The van der Waals surface area contributed by atoms with Crippen molar-refractivity contribution in [2.45, 2.75) is 41.6 Å². The van der Waals surface area contributed by atoms with E-state index in [1.165, 1.54) is 28.6 Å². The minimum Gasteiger partial charge on any atom is -0.208 e. The molecule has 1 N–H and O–H groups in total. The molecule has 4 rings (SSSR count). The van der Waals surface area contributed by atoms with Crippen LogP contribution < -0.4 is 4.72 Å². The van der Waals surface area contributed by atoms with Gasteiger partial charge in [0.2, 0.25) is 20.0 Å². The average molecular weight is 393 g/mol. The molecule has 6 nitrogen and oxygen atoms in total. The van der Waals surface area contributed by atoms with Gasteiger partial charge in [0.25, 0.3) is 0 Å². The SMILES string of the molecule is O=S(=O)(NC1CC1)c1cccc(S(=O)(=O)N2CCc3ccccc3C2)c1. The zero-order valence-electron chi connectivity index (χ0n) is 14.1. The summed E-state index contributed by atoms with van der Waals surface area (Å²) in [6.45, 7) is 0.687. The fraction of sp³-hybridized carbons (Fsp3) is 0.333. The zero-order chi connectivity index (χ0) is 18.4. The topological polar surface area (TPSA) is 83.5 Å². The Kier molecular flexibility index (Phi) is 4.38. The van der Waals surface area contributed by atoms with E-state index in [9.17, 15) is 16.8 Å². The molecule has 2 aliphatic rings. The fourth-order valence-electron chi connectivity index (χ4n) is 3.11. The summed E-state index contributed by atoms with van der Waals surface area (Å²) < 4.78 is 54.8. The Morgan fingerprint density at radius 1 is 0.885 bits per heavy atom. The monoisotopic (exact) mass is 392 g/mol. The lowest BCUT2D eigenvalue weighted by Crippen LogP contribution is -2.36. The molecule has 1 fully saturated rings. The molecule has 0 atom stereocenters. The highest BCUT2D eigenvalue weighted by atomic mass is 32.2. The van der Waals surface area contributed by atoms with Gasteiger partial charge in [-0.05, 0) is 48.6 Å². The van der Waals surface area contributed by atoms with Crippen molar-refractivity contribution in [3.8, 4) is 0 Å². The van der Waals surface area contributed by atoms with Gasteiger partial charge in [-0.15, -0.1) is 0 Å². The highest BCUT2D eigenvalue weighted by molar-refractivity contribution is 7.90. The van der Waals surface area contributed by atoms with Gasteiger partial charge in [-0.25, -0.2) is 21.6 Å². The second-order valence-corrected chi connectivity index (χ2v) is 10.4. The molecule has 0 saturated heterocycles. The molecular weight excluding hydrogens is 372 g/mol. The largest absolute Gasteiger partial charge is 0.243 e. The summed E-state index contributed by atoms with van der Waals surface area (Å²) in [7, 11) is -7.45. The third-order valence-corrected chi connectivity index (χ3v) is 8.11. The number of hydrogen-bond donors (Lipinski definition) is 1. The number of nitrogens with one attached hydrogen (secondary N) is 1. The van der Waals surface area contributed by atoms with E-state index in [1.807, 2.05) is 24.3 Å². The molecule has 0 unspecified atom stereocenters. The molecule has 2 aromatic carbocycles. The first-order valence-corrected chi connectivity index (χ1v) is 11.5. The second kappa shape index (κ2) is 6.45. The predicted molar refractivity (Wildman–Crippen MR) is 97.5 cm³/mol. The Bertz CT molecular complexity index is 1040. The molecule has 0 radical (unpaired) electrons. The van der Waals surface area contributed by atoms with E-state index in [0.29, 0.717) is 19.5 Å². The Morgan fingerprint density at radius 3 is 2.31 bits per heavy atom. The van der Waals surface area contributed by atoms with Crippen LogP contribution in [-0.4, -0.2) is 33.7 Å². The smallest absolute Gasteiger partial charge is 0.208 e. The highest BCUT2D eigenvalue weighted by Crippen LogP contribution is 2.27. The maximum absolute atomic E-state index is 13.0. The molecular formula is C18H20N2O4S2. The predicted octanol–water partition coefficient (Wildman–Crippen LogP) is 1.87. The lowest BCUT2D eigenvalue weighted by Gasteiger charge is -2.28. The minimum absolute atomic E-state index is 0.00977. The molecule has 1 aliphatic carbocycles. The first kappa shape index (κ1) is 17.7. The van der Waals surface area contributed by atoms with Gasteiger partial charge >= 0.3 is 0 Å². The van der Waals surface area contributed by atoms with Crippen LogP contribution in [0.2, 0.25) is 0 Å². The first-order valence-electron chi connectivity index (χ1n) is 8.56. The van der Waals surface area contributed by atoms with Crippen molar-refractivity contribution in [2.24, 2.45) is 0 Å². The van der Waals surface area contributed by atoms with E-state index in [0.717, 1.165) is 24.0 Å². The molecule has 0 amide bonds. The number of hydrogen-bond acceptors (Lipinski definition) is 4. The standard InChI is InChI=1S/C18H20N2O4S2/c21-25(22,19-16-8-9-16)17-6-3-7-18(12-17)26(23,24)20-11-10-14-4-1-2-5-15(14)13-20/h1-7,12,16,19H,8-11,13H2. The van der Waals surface area contributed by atoms with Crippen LogP contribution in [0.25, 0.3) is 0 Å². The Hall–Kier alpha value is -1.74. The van der Waals surface area contributed by atoms with E-state index in [2.05, 4.69) is 4.72 Å². The fourth-order valence-corrected chi connectivity index (χ4v) is 6.00. The van der Waals surface area contributed by atoms with Crippen molar-refractivity contribution in [3.05, 3.63) is 59.7 Å². The quantitative estimate of drug-likeness (QED) is 0.842. The van der Waals surface area contributed by atoms with Crippen LogP contribution in [-0.2, 0) is 33.0 Å². The van der Waals surface area contributed by atoms with E-state index in [-0.39, 0.29) is 15.8 Å². The van der Waals surface area contributed by atoms with E-state index < -0.39 is 20.0 Å². The summed E-state index contributed by atoms with van der Waals surface area (Å²) in [6, 6.07) is 13.4. The van der Waals surface area contributed by atoms with Gasteiger partial charge in [-0.2, -0.15) is 4.31 Å². The third-order valence-electron chi connectivity index (χ3n) is 4.75. The molecule has 1 saturated carbocycles. The van der Waals surface area contributed by atoms with Crippen molar-refractivity contribution >= 4 is 20.0 Å². The maximum atomic E-state index is 13.0. The van der Waals surface area contributed by atoms with Crippen molar-refractivity contribution in [1.29, 1.82) is 0 Å². The van der Waals surface area contributed by atoms with Crippen LogP contribution in [0.3, 0.4) is 0 Å². The summed E-state index contributed by atoms with van der Waals surface area (Å²) >= 11 is 0. The first-order chi connectivity index (χ1) is 12.4. The van der Waals surface area contributed by atoms with Gasteiger partial charge in [0.1, 0.15) is 0 Å².